The molecule has 1 amide bonds. The summed E-state index contributed by atoms with van der Waals surface area (Å²) in [5.41, 5.74) is 2.99. The molecule has 2 aliphatic heterocycles. The largest absolute Gasteiger partial charge is 0.376 e. The molecule has 1 saturated heterocycles. The summed E-state index contributed by atoms with van der Waals surface area (Å²) in [5.74, 6) is -0.00986. The molecule has 2 aliphatic rings. The van der Waals surface area contributed by atoms with Gasteiger partial charge in [-0.25, -0.2) is 0 Å². The van der Waals surface area contributed by atoms with Gasteiger partial charge in [0.05, 0.1) is 11.8 Å². The molecule has 0 spiro atoms. The van der Waals surface area contributed by atoms with Crippen molar-refractivity contribution in [3.05, 3.63) is 53.3 Å². The maximum absolute atomic E-state index is 12.9. The van der Waals surface area contributed by atoms with Crippen molar-refractivity contribution in [1.82, 2.24) is 19.6 Å². The number of fused-ring (bicyclic) bond motifs is 1. The van der Waals surface area contributed by atoms with Gasteiger partial charge in [0.15, 0.2) is 5.69 Å². The van der Waals surface area contributed by atoms with Gasteiger partial charge in [0.2, 0.25) is 0 Å². The Balaban J connectivity index is 1.41. The van der Waals surface area contributed by atoms with Crippen molar-refractivity contribution in [2.24, 2.45) is 0 Å². The molecule has 0 bridgehead atoms. The average molecular weight is 383 g/mol. The van der Waals surface area contributed by atoms with E-state index in [1.165, 1.54) is 12.0 Å². The molecule has 1 aromatic carbocycles. The van der Waals surface area contributed by atoms with Gasteiger partial charge < -0.3 is 9.64 Å². The monoisotopic (exact) mass is 382 g/mol. The number of hydrogen-bond donors (Lipinski definition) is 0. The second-order valence-corrected chi connectivity index (χ2v) is 7.97. The standard InChI is InChI=1S/C22H30N4O2/c1-24(17-20-10-5-6-13-28-20)22(27)21-14-19-16-25(11-7-12-26(19)23-21)15-18-8-3-2-4-9-18/h2-4,8-9,14,20H,5-7,10-13,15-17H2,1H3/t20-/m1/s1. The van der Waals surface area contributed by atoms with Crippen molar-refractivity contribution in [3.63, 3.8) is 0 Å². The maximum Gasteiger partial charge on any atom is 0.274 e. The Morgan fingerprint density at radius 2 is 2.07 bits per heavy atom. The van der Waals surface area contributed by atoms with E-state index in [1.54, 1.807) is 4.90 Å². The van der Waals surface area contributed by atoms with Gasteiger partial charge >= 0.3 is 0 Å². The summed E-state index contributed by atoms with van der Waals surface area (Å²) in [6.45, 7) is 5.10. The third-order valence-electron chi connectivity index (χ3n) is 5.66. The van der Waals surface area contributed by atoms with Gasteiger partial charge in [-0.3, -0.25) is 14.4 Å². The number of rotatable bonds is 5. The smallest absolute Gasteiger partial charge is 0.274 e. The Kier molecular flexibility index (Phi) is 6.07. The molecular formula is C22H30N4O2. The van der Waals surface area contributed by atoms with Gasteiger partial charge in [-0.1, -0.05) is 30.3 Å². The van der Waals surface area contributed by atoms with Crippen LogP contribution in [0, 0.1) is 0 Å². The van der Waals surface area contributed by atoms with E-state index in [0.717, 1.165) is 57.7 Å². The molecule has 1 atom stereocenters. The number of likely N-dealkylation sites (N-methyl/N-ethyl adjacent to an activating group) is 1. The summed E-state index contributed by atoms with van der Waals surface area (Å²) >= 11 is 0. The summed E-state index contributed by atoms with van der Waals surface area (Å²) in [7, 11) is 1.85. The minimum atomic E-state index is -0.00986. The van der Waals surface area contributed by atoms with E-state index in [4.69, 9.17) is 4.74 Å². The van der Waals surface area contributed by atoms with Crippen molar-refractivity contribution in [2.75, 3.05) is 26.7 Å². The molecular weight excluding hydrogens is 352 g/mol. The highest BCUT2D eigenvalue weighted by atomic mass is 16.5. The zero-order chi connectivity index (χ0) is 19.3. The lowest BCUT2D eigenvalue weighted by atomic mass is 10.1. The van der Waals surface area contributed by atoms with Gasteiger partial charge in [-0.15, -0.1) is 0 Å². The normalized spacial score (nSPS) is 20.4. The van der Waals surface area contributed by atoms with Gasteiger partial charge in [-0.2, -0.15) is 5.10 Å². The van der Waals surface area contributed by atoms with Crippen LogP contribution in [0.2, 0.25) is 0 Å². The summed E-state index contributed by atoms with van der Waals surface area (Å²) in [4.78, 5) is 17.1. The zero-order valence-corrected chi connectivity index (χ0v) is 16.7. The molecule has 0 unspecified atom stereocenters. The van der Waals surface area contributed by atoms with Crippen LogP contribution in [0.25, 0.3) is 0 Å². The van der Waals surface area contributed by atoms with Crippen LogP contribution in [-0.4, -0.2) is 58.3 Å². The van der Waals surface area contributed by atoms with Crippen molar-refractivity contribution >= 4 is 5.91 Å². The fourth-order valence-corrected chi connectivity index (χ4v) is 4.14. The SMILES string of the molecule is CN(C[C@H]1CCCCO1)C(=O)c1cc2n(n1)CCCN(Cc1ccccc1)C2. The number of carbonyl (C=O) groups is 1. The van der Waals surface area contributed by atoms with Crippen LogP contribution in [0.1, 0.15) is 47.4 Å². The minimum absolute atomic E-state index is 0.00986. The van der Waals surface area contributed by atoms with Crippen LogP contribution in [0.3, 0.4) is 0 Å². The molecule has 150 valence electrons. The van der Waals surface area contributed by atoms with Crippen molar-refractivity contribution in [3.8, 4) is 0 Å². The van der Waals surface area contributed by atoms with Crippen LogP contribution in [0.4, 0.5) is 0 Å². The summed E-state index contributed by atoms with van der Waals surface area (Å²) in [6, 6.07) is 12.5. The summed E-state index contributed by atoms with van der Waals surface area (Å²) < 4.78 is 7.79. The van der Waals surface area contributed by atoms with E-state index in [1.807, 2.05) is 23.9 Å². The predicted molar refractivity (Wildman–Crippen MR) is 108 cm³/mol. The minimum Gasteiger partial charge on any atom is -0.376 e. The van der Waals surface area contributed by atoms with E-state index in [0.29, 0.717) is 12.2 Å². The Morgan fingerprint density at radius 3 is 2.86 bits per heavy atom. The average Bonchev–Trinajstić information content (AvgIpc) is 3.02. The molecule has 6 heteroatoms. The topological polar surface area (TPSA) is 50.6 Å². The van der Waals surface area contributed by atoms with E-state index in [2.05, 4.69) is 34.3 Å². The Labute approximate surface area is 167 Å². The van der Waals surface area contributed by atoms with Crippen LogP contribution < -0.4 is 0 Å². The second kappa shape index (κ2) is 8.88. The third kappa shape index (κ3) is 4.62. The third-order valence-corrected chi connectivity index (χ3v) is 5.66. The first-order chi connectivity index (χ1) is 13.7. The highest BCUT2D eigenvalue weighted by Crippen LogP contribution is 2.18. The Hall–Kier alpha value is -2.18. The first-order valence-electron chi connectivity index (χ1n) is 10.4. The molecule has 1 fully saturated rings. The molecule has 3 heterocycles. The van der Waals surface area contributed by atoms with Gasteiger partial charge in [0, 0.05) is 46.4 Å². The molecule has 0 saturated carbocycles. The van der Waals surface area contributed by atoms with E-state index in [-0.39, 0.29) is 12.0 Å². The molecule has 6 nitrogen and oxygen atoms in total. The lowest BCUT2D eigenvalue weighted by molar-refractivity contribution is -0.000305. The van der Waals surface area contributed by atoms with Crippen molar-refractivity contribution in [1.29, 1.82) is 0 Å². The first-order valence-corrected chi connectivity index (χ1v) is 10.4. The first kappa shape index (κ1) is 19.2. The van der Waals surface area contributed by atoms with E-state index in [9.17, 15) is 4.79 Å². The number of hydrogen-bond acceptors (Lipinski definition) is 4. The lowest BCUT2D eigenvalue weighted by Gasteiger charge is -2.27. The number of nitrogens with zero attached hydrogens (tertiary/aromatic N) is 4. The fraction of sp³-hybridized carbons (Fsp3) is 0.545. The molecule has 0 radical (unpaired) electrons. The second-order valence-electron chi connectivity index (χ2n) is 7.97. The maximum atomic E-state index is 12.9. The number of aromatic nitrogens is 2. The molecule has 4 rings (SSSR count). The quantitative estimate of drug-likeness (QED) is 0.798. The molecule has 2 aromatic rings. The van der Waals surface area contributed by atoms with Crippen molar-refractivity contribution in [2.45, 2.75) is 51.4 Å². The zero-order valence-electron chi connectivity index (χ0n) is 16.7. The van der Waals surface area contributed by atoms with Gasteiger partial charge in [0.25, 0.3) is 5.91 Å². The molecule has 0 aliphatic carbocycles. The summed E-state index contributed by atoms with van der Waals surface area (Å²) in [5, 5.41) is 4.62. The number of carbonyl (C=O) groups excluding carboxylic acids is 1. The van der Waals surface area contributed by atoms with Gasteiger partial charge in [0.1, 0.15) is 0 Å². The van der Waals surface area contributed by atoms with Crippen LogP contribution in [0.5, 0.6) is 0 Å². The predicted octanol–water partition coefficient (Wildman–Crippen LogP) is 2.93. The van der Waals surface area contributed by atoms with Crippen LogP contribution >= 0.6 is 0 Å². The van der Waals surface area contributed by atoms with Crippen LogP contribution in [0.15, 0.2) is 36.4 Å². The van der Waals surface area contributed by atoms with E-state index >= 15 is 0 Å². The Bertz CT molecular complexity index is 783. The number of aryl methyl sites for hydroxylation is 1. The number of ether oxygens (including phenoxy) is 1. The van der Waals surface area contributed by atoms with Crippen LogP contribution in [-0.2, 0) is 24.4 Å². The molecule has 0 N–H and O–H groups in total. The Morgan fingerprint density at radius 1 is 1.21 bits per heavy atom. The molecule has 28 heavy (non-hydrogen) atoms. The van der Waals surface area contributed by atoms with Gasteiger partial charge in [-0.05, 0) is 37.3 Å². The summed E-state index contributed by atoms with van der Waals surface area (Å²) in [6.07, 6.45) is 4.54. The van der Waals surface area contributed by atoms with Crippen molar-refractivity contribution < 1.29 is 9.53 Å². The highest BCUT2D eigenvalue weighted by Gasteiger charge is 2.24. The fourth-order valence-electron chi connectivity index (χ4n) is 4.14. The number of benzene rings is 1. The number of amides is 1. The van der Waals surface area contributed by atoms with E-state index < -0.39 is 0 Å². The highest BCUT2D eigenvalue weighted by molar-refractivity contribution is 5.92. The lowest BCUT2D eigenvalue weighted by Crippen LogP contribution is -2.37. The molecule has 1 aromatic heterocycles.